The Kier molecular flexibility index (Phi) is 21.1. The number of esters is 2. The maximum absolute atomic E-state index is 13.1. The van der Waals surface area contributed by atoms with Gasteiger partial charge < -0.3 is 102 Å². The molecule has 4 rings (SSSR count). The molecule has 0 saturated carbocycles. The second-order valence-corrected chi connectivity index (χ2v) is 15.7. The quantitative estimate of drug-likeness (QED) is 0.0151. The highest BCUT2D eigenvalue weighted by atomic mass is 16.8. The number of carbonyl (C=O) groups is 10. The van der Waals surface area contributed by atoms with Gasteiger partial charge in [-0.2, -0.15) is 0 Å². The Bertz CT molecular complexity index is 2020. The molecule has 0 aromatic carbocycles. The van der Waals surface area contributed by atoms with Gasteiger partial charge in [-0.25, -0.2) is 38.8 Å². The normalized spacial score (nSPS) is 23.7. The molecule has 4 heterocycles. The largest absolute Gasteiger partial charge is 0.508 e. The number of nitrogens with one attached hydrogen (secondary N) is 6. The van der Waals surface area contributed by atoms with Crippen LogP contribution in [0.5, 0.6) is 0 Å². The Morgan fingerprint density at radius 3 is 1.26 bits per heavy atom. The van der Waals surface area contributed by atoms with Crippen LogP contribution in [-0.4, -0.2) is 186 Å². The highest BCUT2D eigenvalue weighted by Crippen LogP contribution is 2.31. The summed E-state index contributed by atoms with van der Waals surface area (Å²) in [7, 11) is 2.15. The topological polar surface area (TPSA) is 464 Å². The average molecular weight is 1030 g/mol. The maximum atomic E-state index is 13.1. The SMILES string of the molecule is COC(=O)C1=C[C@H](N=C(N)N)[C@@H](NC(C)=O)[C@H]([C@H](OC(=O)NCCCNC(=O)CCC(=O)NCCCNC(=O)O[C@@H]([C@@H]2OC(C(=O)OC)=C[C@H](N=C(N)N)[C@H]2NC(C)=O)[C@H]2COC(=O)O2)[C@H]2COC(=O)O2)O1. The molecular weight excluding hydrogens is 969 g/mol. The molecule has 2 fully saturated rings. The molecule has 0 aliphatic carbocycles. The van der Waals surface area contributed by atoms with Gasteiger partial charge in [0.05, 0.1) is 38.4 Å². The Hall–Kier alpha value is -8.48. The molecule has 4 aliphatic heterocycles. The van der Waals surface area contributed by atoms with E-state index in [2.05, 4.69) is 41.9 Å². The Morgan fingerprint density at radius 1 is 0.597 bits per heavy atom. The molecule has 398 valence electrons. The van der Waals surface area contributed by atoms with Crippen molar-refractivity contribution in [3.63, 3.8) is 0 Å². The van der Waals surface area contributed by atoms with Gasteiger partial charge in [0.2, 0.25) is 35.1 Å². The molecule has 32 heteroatoms. The van der Waals surface area contributed by atoms with E-state index in [0.717, 1.165) is 14.2 Å². The maximum Gasteiger partial charge on any atom is 0.508 e. The molecule has 4 aliphatic rings. The van der Waals surface area contributed by atoms with Crippen molar-refractivity contribution in [3.8, 4) is 0 Å². The zero-order valence-electron chi connectivity index (χ0n) is 39.4. The van der Waals surface area contributed by atoms with Gasteiger partial charge in [0, 0.05) is 52.9 Å². The van der Waals surface area contributed by atoms with Gasteiger partial charge >= 0.3 is 36.4 Å². The summed E-state index contributed by atoms with van der Waals surface area (Å²) < 4.78 is 52.5. The fourth-order valence-corrected chi connectivity index (χ4v) is 7.25. The summed E-state index contributed by atoms with van der Waals surface area (Å²) in [4.78, 5) is 133. The van der Waals surface area contributed by atoms with Gasteiger partial charge in [-0.1, -0.05) is 0 Å². The first-order chi connectivity index (χ1) is 34.2. The molecule has 0 radical (unpaired) electrons. The Morgan fingerprint density at radius 2 is 0.958 bits per heavy atom. The van der Waals surface area contributed by atoms with Crippen LogP contribution in [0.4, 0.5) is 19.2 Å². The third-order valence-corrected chi connectivity index (χ3v) is 10.3. The van der Waals surface area contributed by atoms with E-state index < -0.39 is 158 Å². The predicted molar refractivity (Wildman–Crippen MR) is 238 cm³/mol. The summed E-state index contributed by atoms with van der Waals surface area (Å²) >= 11 is 0. The number of alkyl carbamates (subject to hydrolysis) is 2. The minimum Gasteiger partial charge on any atom is -0.477 e. The van der Waals surface area contributed by atoms with Crippen molar-refractivity contribution >= 4 is 72.0 Å². The van der Waals surface area contributed by atoms with Gasteiger partial charge in [0.1, 0.15) is 13.2 Å². The fraction of sp³-hybridized carbons (Fsp3) is 0.600. The highest BCUT2D eigenvalue weighted by Gasteiger charge is 2.52. The van der Waals surface area contributed by atoms with E-state index in [4.69, 9.17) is 70.3 Å². The smallest absolute Gasteiger partial charge is 0.477 e. The molecule has 14 N–H and O–H groups in total. The summed E-state index contributed by atoms with van der Waals surface area (Å²) in [6, 6.07) is -4.65. The molecule has 6 amide bonds. The molecular formula is C40H58N12O20. The highest BCUT2D eigenvalue weighted by molar-refractivity contribution is 5.88. The van der Waals surface area contributed by atoms with Gasteiger partial charge in [-0.15, -0.1) is 0 Å². The lowest BCUT2D eigenvalue weighted by molar-refractivity contribution is -0.148. The van der Waals surface area contributed by atoms with E-state index in [-0.39, 0.29) is 51.9 Å². The number of hydrogen-bond acceptors (Lipinski definition) is 22. The lowest BCUT2D eigenvalue weighted by atomic mass is 9.92. The van der Waals surface area contributed by atoms with E-state index in [9.17, 15) is 47.9 Å². The molecule has 0 bridgehead atoms. The van der Waals surface area contributed by atoms with Crippen LogP contribution in [0.2, 0.25) is 0 Å². The number of aliphatic imine (C=N–C) groups is 2. The minimum absolute atomic E-state index is 0.0535. The van der Waals surface area contributed by atoms with Crippen molar-refractivity contribution in [1.82, 2.24) is 31.9 Å². The Balaban J connectivity index is 1.21. The zero-order chi connectivity index (χ0) is 53.1. The van der Waals surface area contributed by atoms with Crippen molar-refractivity contribution in [3.05, 3.63) is 23.7 Å². The van der Waals surface area contributed by atoms with Crippen molar-refractivity contribution in [1.29, 1.82) is 0 Å². The van der Waals surface area contributed by atoms with Crippen molar-refractivity contribution in [2.24, 2.45) is 32.9 Å². The summed E-state index contributed by atoms with van der Waals surface area (Å²) in [6.07, 6.45) is -10.5. The summed E-state index contributed by atoms with van der Waals surface area (Å²) in [5.41, 5.74) is 22.4. The van der Waals surface area contributed by atoms with E-state index >= 15 is 0 Å². The molecule has 10 atom stereocenters. The number of nitrogens with zero attached hydrogens (tertiary/aromatic N) is 2. The number of methoxy groups -OCH3 is 2. The number of rotatable bonds is 23. The minimum atomic E-state index is -1.53. The van der Waals surface area contributed by atoms with E-state index in [0.29, 0.717) is 0 Å². The number of ether oxygens (including phenoxy) is 10. The molecule has 0 unspecified atom stereocenters. The molecule has 0 aromatic rings. The summed E-state index contributed by atoms with van der Waals surface area (Å²) in [5, 5.41) is 15.4. The molecule has 72 heavy (non-hydrogen) atoms. The fourth-order valence-electron chi connectivity index (χ4n) is 7.25. The number of amides is 6. The van der Waals surface area contributed by atoms with Crippen LogP contribution in [0.1, 0.15) is 39.5 Å². The van der Waals surface area contributed by atoms with Gasteiger partial charge in [-0.05, 0) is 25.0 Å². The second kappa shape index (κ2) is 27.1. The van der Waals surface area contributed by atoms with Gasteiger partial charge in [-0.3, -0.25) is 19.2 Å². The lowest BCUT2D eigenvalue weighted by Gasteiger charge is -2.39. The molecule has 0 aromatic heterocycles. The molecule has 2 saturated heterocycles. The Labute approximate surface area is 409 Å². The first kappa shape index (κ1) is 56.1. The monoisotopic (exact) mass is 1030 g/mol. The van der Waals surface area contributed by atoms with Crippen molar-refractivity contribution < 1.29 is 95.3 Å². The predicted octanol–water partition coefficient (Wildman–Crippen LogP) is -4.76. The first-order valence-corrected chi connectivity index (χ1v) is 21.9. The van der Waals surface area contributed by atoms with E-state index in [1.807, 2.05) is 0 Å². The average Bonchev–Trinajstić information content (AvgIpc) is 3.96. The summed E-state index contributed by atoms with van der Waals surface area (Å²) in [5.74, 6) is -5.70. The first-order valence-electron chi connectivity index (χ1n) is 21.9. The van der Waals surface area contributed by atoms with Crippen LogP contribution in [-0.2, 0) is 76.1 Å². The van der Waals surface area contributed by atoms with Crippen LogP contribution in [0.15, 0.2) is 33.7 Å². The number of cyclic esters (lactones) is 4. The van der Waals surface area contributed by atoms with Crippen LogP contribution >= 0.6 is 0 Å². The zero-order valence-corrected chi connectivity index (χ0v) is 39.4. The molecule has 0 spiro atoms. The standard InChI is InChI=1S/C40H58N12O20/c1-17(53)49-27-19(51-35(41)42)13-21(33(57)63-3)67-31(27)29(23-15-65-39(61)69-23)71-37(59)47-11-5-9-45-25(55)7-8-26(56)46-10-6-12-48-38(60)72-30(24-16-66-40(62)70-24)32-28(50-18(2)54)20(52-36(43)44)14-22(68-32)34(58)64-4/h13-14,19-20,23-24,27-32H,5-12,15-16H2,1-4H3,(H,45,55)(H,46,56)(H,47,59)(H,48,60)(H,49,53)(H,50,54)(H4,41,42,51)(H4,43,44,52)/t19-,20-,23+,24+,27+,28+,29+,30+,31+,32+/m0/s1. The van der Waals surface area contributed by atoms with Gasteiger partial charge in [0.15, 0.2) is 48.5 Å². The third-order valence-electron chi connectivity index (χ3n) is 10.3. The van der Waals surface area contributed by atoms with Crippen LogP contribution in [0.3, 0.4) is 0 Å². The summed E-state index contributed by atoms with van der Waals surface area (Å²) in [6.45, 7) is 1.56. The van der Waals surface area contributed by atoms with Crippen molar-refractivity contribution in [2.45, 2.75) is 100 Å². The second-order valence-electron chi connectivity index (χ2n) is 15.7. The van der Waals surface area contributed by atoms with Gasteiger partial charge in [0.25, 0.3) is 0 Å². The number of guanidine groups is 2. The lowest BCUT2D eigenvalue weighted by Crippen LogP contribution is -2.61. The van der Waals surface area contributed by atoms with Crippen molar-refractivity contribution in [2.75, 3.05) is 53.6 Å². The van der Waals surface area contributed by atoms with Crippen LogP contribution < -0.4 is 54.8 Å². The molecule has 32 nitrogen and oxygen atoms in total. The van der Waals surface area contributed by atoms with E-state index in [1.54, 1.807) is 0 Å². The number of carbonyl (C=O) groups excluding carboxylic acids is 10. The third kappa shape index (κ3) is 17.2. The van der Waals surface area contributed by atoms with Crippen LogP contribution in [0.25, 0.3) is 0 Å². The number of hydrogen-bond donors (Lipinski definition) is 10. The van der Waals surface area contributed by atoms with E-state index in [1.165, 1.54) is 26.0 Å². The van der Waals surface area contributed by atoms with Crippen LogP contribution in [0, 0.1) is 0 Å². The number of nitrogens with two attached hydrogens (primary N) is 4.